The van der Waals surface area contributed by atoms with Crippen molar-refractivity contribution < 1.29 is 9.32 Å². The third kappa shape index (κ3) is 4.09. The van der Waals surface area contributed by atoms with Crippen LogP contribution in [0.2, 0.25) is 0 Å². The van der Waals surface area contributed by atoms with E-state index >= 15 is 0 Å². The number of aryl methyl sites for hydroxylation is 2. The summed E-state index contributed by atoms with van der Waals surface area (Å²) in [4.78, 5) is 32.7. The predicted octanol–water partition coefficient (Wildman–Crippen LogP) is 1.09. The average molecular weight is 341 g/mol. The van der Waals surface area contributed by atoms with Gasteiger partial charge in [0.05, 0.1) is 17.2 Å². The highest BCUT2D eigenvalue weighted by Gasteiger charge is 2.08. The molecule has 0 saturated carbocycles. The SMILES string of the molecule is CCc1nc(CCNC(=O)CCn2cnc3ccccc3c2=O)no1. The zero-order valence-corrected chi connectivity index (χ0v) is 13.9. The van der Waals surface area contributed by atoms with Crippen molar-refractivity contribution >= 4 is 16.8 Å². The largest absolute Gasteiger partial charge is 0.356 e. The molecule has 2 heterocycles. The normalized spacial score (nSPS) is 10.9. The van der Waals surface area contributed by atoms with Gasteiger partial charge in [0.25, 0.3) is 5.56 Å². The average Bonchev–Trinajstić information content (AvgIpc) is 3.09. The third-order valence-corrected chi connectivity index (χ3v) is 3.79. The van der Waals surface area contributed by atoms with Gasteiger partial charge in [-0.1, -0.05) is 24.2 Å². The Bertz CT molecular complexity index is 931. The summed E-state index contributed by atoms with van der Waals surface area (Å²) in [6, 6.07) is 7.15. The van der Waals surface area contributed by atoms with Gasteiger partial charge in [-0.25, -0.2) is 4.98 Å². The summed E-state index contributed by atoms with van der Waals surface area (Å²) in [6.07, 6.45) is 2.87. The Balaban J connectivity index is 1.50. The number of fused-ring (bicyclic) bond motifs is 1. The van der Waals surface area contributed by atoms with Gasteiger partial charge in [0.1, 0.15) is 0 Å². The van der Waals surface area contributed by atoms with E-state index in [2.05, 4.69) is 20.4 Å². The van der Waals surface area contributed by atoms with Crippen molar-refractivity contribution in [2.24, 2.45) is 0 Å². The molecule has 1 N–H and O–H groups in total. The molecule has 0 atom stereocenters. The standard InChI is InChI=1S/C17H19N5O3/c1-2-16-20-14(21-25-16)7-9-18-15(23)8-10-22-11-19-13-6-4-3-5-12(13)17(22)24/h3-6,11H,2,7-10H2,1H3,(H,18,23). The van der Waals surface area contributed by atoms with Crippen LogP contribution in [-0.2, 0) is 24.2 Å². The molecule has 0 aliphatic carbocycles. The van der Waals surface area contributed by atoms with Crippen LogP contribution in [0.25, 0.3) is 10.9 Å². The zero-order valence-electron chi connectivity index (χ0n) is 13.9. The Labute approximate surface area is 143 Å². The molecule has 0 fully saturated rings. The minimum absolute atomic E-state index is 0.140. The second-order valence-electron chi connectivity index (χ2n) is 5.57. The number of carbonyl (C=O) groups is 1. The maximum Gasteiger partial charge on any atom is 0.261 e. The minimum Gasteiger partial charge on any atom is -0.356 e. The summed E-state index contributed by atoms with van der Waals surface area (Å²) in [5.41, 5.74) is 0.511. The minimum atomic E-state index is -0.141. The summed E-state index contributed by atoms with van der Waals surface area (Å²) in [5, 5.41) is 7.17. The van der Waals surface area contributed by atoms with Crippen LogP contribution >= 0.6 is 0 Å². The molecule has 3 rings (SSSR count). The molecule has 0 unspecified atom stereocenters. The second-order valence-corrected chi connectivity index (χ2v) is 5.57. The van der Waals surface area contributed by atoms with Crippen LogP contribution in [0, 0.1) is 0 Å². The summed E-state index contributed by atoms with van der Waals surface area (Å²) in [6.45, 7) is 2.64. The first-order chi connectivity index (χ1) is 12.2. The number of nitrogens with zero attached hydrogens (tertiary/aromatic N) is 4. The predicted molar refractivity (Wildman–Crippen MR) is 91.0 cm³/mol. The Morgan fingerprint density at radius 1 is 1.32 bits per heavy atom. The van der Waals surface area contributed by atoms with E-state index in [9.17, 15) is 9.59 Å². The first-order valence-electron chi connectivity index (χ1n) is 8.19. The van der Waals surface area contributed by atoms with Crippen LogP contribution in [0.5, 0.6) is 0 Å². The van der Waals surface area contributed by atoms with Crippen molar-refractivity contribution in [2.45, 2.75) is 32.7 Å². The van der Waals surface area contributed by atoms with Gasteiger partial charge in [-0.15, -0.1) is 0 Å². The highest BCUT2D eigenvalue weighted by Crippen LogP contribution is 2.04. The lowest BCUT2D eigenvalue weighted by Gasteiger charge is -2.07. The van der Waals surface area contributed by atoms with E-state index in [4.69, 9.17) is 4.52 Å². The van der Waals surface area contributed by atoms with E-state index in [1.807, 2.05) is 13.0 Å². The molecule has 3 aromatic rings. The molecule has 0 spiro atoms. The second kappa shape index (κ2) is 7.69. The quantitative estimate of drug-likeness (QED) is 0.690. The number of amides is 1. The molecular weight excluding hydrogens is 322 g/mol. The van der Waals surface area contributed by atoms with Crippen LogP contribution < -0.4 is 10.9 Å². The highest BCUT2D eigenvalue weighted by atomic mass is 16.5. The number of hydrogen-bond donors (Lipinski definition) is 1. The molecule has 2 aromatic heterocycles. The van der Waals surface area contributed by atoms with Gasteiger partial charge in [0, 0.05) is 32.4 Å². The molecule has 25 heavy (non-hydrogen) atoms. The molecular formula is C17H19N5O3. The lowest BCUT2D eigenvalue weighted by Crippen LogP contribution is -2.29. The van der Waals surface area contributed by atoms with Crippen molar-refractivity contribution in [3.05, 3.63) is 52.7 Å². The number of rotatable bonds is 7. The van der Waals surface area contributed by atoms with Crippen molar-refractivity contribution in [1.29, 1.82) is 0 Å². The molecule has 8 heteroatoms. The zero-order chi connectivity index (χ0) is 17.6. The van der Waals surface area contributed by atoms with E-state index < -0.39 is 0 Å². The Morgan fingerprint density at radius 2 is 2.16 bits per heavy atom. The van der Waals surface area contributed by atoms with Crippen LogP contribution in [0.3, 0.4) is 0 Å². The fourth-order valence-electron chi connectivity index (χ4n) is 2.42. The fraction of sp³-hybridized carbons (Fsp3) is 0.353. The van der Waals surface area contributed by atoms with Gasteiger partial charge in [-0.3, -0.25) is 14.2 Å². The molecule has 0 bridgehead atoms. The first kappa shape index (κ1) is 16.8. The lowest BCUT2D eigenvalue weighted by atomic mass is 10.2. The summed E-state index contributed by atoms with van der Waals surface area (Å²) < 4.78 is 6.46. The number of aromatic nitrogens is 4. The number of carbonyl (C=O) groups excluding carboxylic acids is 1. The maximum absolute atomic E-state index is 12.3. The van der Waals surface area contributed by atoms with Gasteiger partial charge >= 0.3 is 0 Å². The molecule has 0 aliphatic heterocycles. The molecule has 130 valence electrons. The fourth-order valence-corrected chi connectivity index (χ4v) is 2.42. The number of nitrogens with one attached hydrogen (secondary N) is 1. The first-order valence-corrected chi connectivity index (χ1v) is 8.19. The molecule has 0 saturated heterocycles. The Morgan fingerprint density at radius 3 is 2.96 bits per heavy atom. The van der Waals surface area contributed by atoms with Gasteiger partial charge in [0.2, 0.25) is 11.8 Å². The Kier molecular flexibility index (Phi) is 5.17. The van der Waals surface area contributed by atoms with Crippen LogP contribution in [0.4, 0.5) is 0 Å². The highest BCUT2D eigenvalue weighted by molar-refractivity contribution is 5.77. The summed E-state index contributed by atoms with van der Waals surface area (Å²) >= 11 is 0. The third-order valence-electron chi connectivity index (χ3n) is 3.79. The Hall–Kier alpha value is -3.03. The molecule has 8 nitrogen and oxygen atoms in total. The van der Waals surface area contributed by atoms with E-state index in [0.717, 1.165) is 0 Å². The summed E-state index contributed by atoms with van der Waals surface area (Å²) in [5.74, 6) is 1.02. The van der Waals surface area contributed by atoms with Crippen molar-refractivity contribution in [3.63, 3.8) is 0 Å². The summed E-state index contributed by atoms with van der Waals surface area (Å²) in [7, 11) is 0. The van der Waals surface area contributed by atoms with Crippen molar-refractivity contribution in [3.8, 4) is 0 Å². The maximum atomic E-state index is 12.3. The van der Waals surface area contributed by atoms with Crippen molar-refractivity contribution in [1.82, 2.24) is 25.0 Å². The van der Waals surface area contributed by atoms with Crippen LogP contribution in [0.15, 0.2) is 39.9 Å². The smallest absolute Gasteiger partial charge is 0.261 e. The van der Waals surface area contributed by atoms with Gasteiger partial charge in [-0.2, -0.15) is 4.98 Å². The van der Waals surface area contributed by atoms with Crippen molar-refractivity contribution in [2.75, 3.05) is 6.54 Å². The molecule has 0 radical (unpaired) electrons. The molecule has 0 aliphatic rings. The van der Waals surface area contributed by atoms with Gasteiger partial charge in [-0.05, 0) is 12.1 Å². The number of hydrogen-bond acceptors (Lipinski definition) is 6. The monoisotopic (exact) mass is 341 g/mol. The lowest BCUT2D eigenvalue weighted by molar-refractivity contribution is -0.121. The van der Waals surface area contributed by atoms with E-state index in [0.29, 0.717) is 42.0 Å². The van der Waals surface area contributed by atoms with E-state index in [1.54, 1.807) is 18.2 Å². The van der Waals surface area contributed by atoms with Crippen LogP contribution in [-0.4, -0.2) is 32.1 Å². The molecule has 1 amide bonds. The van der Waals surface area contributed by atoms with Gasteiger partial charge < -0.3 is 9.84 Å². The van der Waals surface area contributed by atoms with Crippen LogP contribution in [0.1, 0.15) is 25.1 Å². The topological polar surface area (TPSA) is 103 Å². The number of benzene rings is 1. The van der Waals surface area contributed by atoms with E-state index in [-0.39, 0.29) is 24.4 Å². The van der Waals surface area contributed by atoms with E-state index in [1.165, 1.54) is 10.9 Å². The van der Waals surface area contributed by atoms with Gasteiger partial charge in [0.15, 0.2) is 5.82 Å². The number of para-hydroxylation sites is 1. The molecule has 1 aromatic carbocycles.